The molecule has 2 heterocycles. The third-order valence-electron chi connectivity index (χ3n) is 5.14. The molecule has 0 spiro atoms. The number of sulfonamides is 1. The average molecular weight is 442 g/mol. The summed E-state index contributed by atoms with van der Waals surface area (Å²) in [6, 6.07) is 14.2. The van der Waals surface area contributed by atoms with Gasteiger partial charge in [-0.2, -0.15) is 9.29 Å². The Kier molecular flexibility index (Phi) is 6.15. The molecular weight excluding hydrogens is 417 g/mol. The summed E-state index contributed by atoms with van der Waals surface area (Å²) in [6.45, 7) is 3.20. The smallest absolute Gasteiger partial charge is 0.243 e. The second kappa shape index (κ2) is 8.99. The highest BCUT2D eigenvalue weighted by Crippen LogP contribution is 2.25. The third-order valence-corrected chi connectivity index (χ3v) is 7.02. The molecule has 1 unspecified atom stereocenters. The molecular formula is C22H24FN5O2S. The molecule has 2 aromatic carbocycles. The Morgan fingerprint density at radius 1 is 1.00 bits per heavy atom. The number of piperidine rings is 1. The molecule has 2 N–H and O–H groups in total. The van der Waals surface area contributed by atoms with E-state index in [-0.39, 0.29) is 10.7 Å². The summed E-state index contributed by atoms with van der Waals surface area (Å²) < 4.78 is 40.4. The summed E-state index contributed by atoms with van der Waals surface area (Å²) in [6.07, 6.45) is 3.54. The van der Waals surface area contributed by atoms with Crippen LogP contribution in [0.5, 0.6) is 0 Å². The van der Waals surface area contributed by atoms with Gasteiger partial charge in [0, 0.05) is 30.7 Å². The van der Waals surface area contributed by atoms with Crippen LogP contribution in [0.15, 0.2) is 65.7 Å². The number of anilines is 4. The van der Waals surface area contributed by atoms with Gasteiger partial charge in [0.05, 0.1) is 4.90 Å². The molecule has 0 aliphatic carbocycles. The van der Waals surface area contributed by atoms with E-state index in [0.29, 0.717) is 42.1 Å². The van der Waals surface area contributed by atoms with Gasteiger partial charge < -0.3 is 10.6 Å². The Morgan fingerprint density at radius 2 is 1.68 bits per heavy atom. The molecule has 9 heteroatoms. The molecule has 3 aromatic rings. The van der Waals surface area contributed by atoms with Crippen LogP contribution in [-0.4, -0.2) is 35.8 Å². The van der Waals surface area contributed by atoms with Gasteiger partial charge in [0.1, 0.15) is 11.6 Å². The first-order chi connectivity index (χ1) is 14.9. The number of nitrogens with zero attached hydrogens (tertiary/aromatic N) is 3. The van der Waals surface area contributed by atoms with Gasteiger partial charge in [0.25, 0.3) is 0 Å². The van der Waals surface area contributed by atoms with E-state index in [1.165, 1.54) is 12.1 Å². The maximum absolute atomic E-state index is 13.1. The van der Waals surface area contributed by atoms with Crippen molar-refractivity contribution in [2.45, 2.75) is 24.7 Å². The van der Waals surface area contributed by atoms with Crippen molar-refractivity contribution in [3.63, 3.8) is 0 Å². The lowest BCUT2D eigenvalue weighted by atomic mass is 10.0. The summed E-state index contributed by atoms with van der Waals surface area (Å²) in [7, 11) is -3.49. The van der Waals surface area contributed by atoms with Crippen LogP contribution in [0, 0.1) is 11.7 Å². The lowest BCUT2D eigenvalue weighted by Gasteiger charge is -2.30. The molecule has 1 aromatic heterocycles. The first-order valence-corrected chi connectivity index (χ1v) is 11.6. The molecule has 0 bridgehead atoms. The van der Waals surface area contributed by atoms with Crippen molar-refractivity contribution in [3.05, 3.63) is 66.6 Å². The zero-order valence-corrected chi connectivity index (χ0v) is 17.9. The second-order valence-electron chi connectivity index (χ2n) is 7.66. The minimum absolute atomic E-state index is 0.278. The maximum Gasteiger partial charge on any atom is 0.243 e. The zero-order chi connectivity index (χ0) is 21.8. The second-order valence-corrected chi connectivity index (χ2v) is 9.60. The van der Waals surface area contributed by atoms with Crippen molar-refractivity contribution in [2.24, 2.45) is 5.92 Å². The number of hydrogen-bond acceptors (Lipinski definition) is 6. The normalized spacial score (nSPS) is 17.3. The van der Waals surface area contributed by atoms with Crippen molar-refractivity contribution in [3.8, 4) is 0 Å². The summed E-state index contributed by atoms with van der Waals surface area (Å²) in [5.41, 5.74) is 1.37. The lowest BCUT2D eigenvalue weighted by molar-refractivity contribution is 0.281. The average Bonchev–Trinajstić information content (AvgIpc) is 2.76. The van der Waals surface area contributed by atoms with E-state index in [4.69, 9.17) is 0 Å². The number of halogens is 1. The van der Waals surface area contributed by atoms with Crippen molar-refractivity contribution in [2.75, 3.05) is 23.7 Å². The molecule has 0 radical (unpaired) electrons. The van der Waals surface area contributed by atoms with Gasteiger partial charge in [-0.15, -0.1) is 0 Å². The number of nitrogens with one attached hydrogen (secondary N) is 2. The summed E-state index contributed by atoms with van der Waals surface area (Å²) >= 11 is 0. The SMILES string of the molecule is CC1CCCN(S(=O)(=O)c2ccc(Nc3nccc(Nc4ccc(F)cc4)n3)cc2)C1. The summed E-state index contributed by atoms with van der Waals surface area (Å²) in [5, 5.41) is 6.16. The van der Waals surface area contributed by atoms with E-state index in [2.05, 4.69) is 27.5 Å². The first kappa shape index (κ1) is 21.2. The predicted octanol–water partition coefficient (Wildman–Crippen LogP) is 4.52. The Hall–Kier alpha value is -3.04. The van der Waals surface area contributed by atoms with Crippen molar-refractivity contribution >= 4 is 33.2 Å². The summed E-state index contributed by atoms with van der Waals surface area (Å²) in [4.78, 5) is 8.86. The molecule has 1 fully saturated rings. The molecule has 1 atom stereocenters. The van der Waals surface area contributed by atoms with Crippen LogP contribution in [0.1, 0.15) is 19.8 Å². The van der Waals surface area contributed by atoms with Gasteiger partial charge in [-0.25, -0.2) is 17.8 Å². The van der Waals surface area contributed by atoms with Crippen LogP contribution < -0.4 is 10.6 Å². The highest BCUT2D eigenvalue weighted by atomic mass is 32.2. The van der Waals surface area contributed by atoms with Crippen LogP contribution in [-0.2, 0) is 10.0 Å². The van der Waals surface area contributed by atoms with Gasteiger partial charge >= 0.3 is 0 Å². The molecule has 31 heavy (non-hydrogen) atoms. The van der Waals surface area contributed by atoms with E-state index in [1.807, 2.05) is 0 Å². The highest BCUT2D eigenvalue weighted by molar-refractivity contribution is 7.89. The van der Waals surface area contributed by atoms with Crippen LogP contribution in [0.4, 0.5) is 27.5 Å². The zero-order valence-electron chi connectivity index (χ0n) is 17.1. The molecule has 162 valence electrons. The quantitative estimate of drug-likeness (QED) is 0.585. The van der Waals surface area contributed by atoms with E-state index in [0.717, 1.165) is 12.8 Å². The van der Waals surface area contributed by atoms with Gasteiger partial charge in [0.15, 0.2) is 0 Å². The molecule has 4 rings (SSSR count). The standard InChI is InChI=1S/C22H24FN5O2S/c1-16-3-2-14-28(15-16)31(29,30)20-10-8-19(9-11-20)26-22-24-13-12-21(27-22)25-18-6-4-17(23)5-7-18/h4-13,16H,2-3,14-15H2,1H3,(H2,24,25,26,27). The molecule has 0 saturated carbocycles. The van der Waals surface area contributed by atoms with E-state index in [9.17, 15) is 12.8 Å². The van der Waals surface area contributed by atoms with E-state index < -0.39 is 10.0 Å². The van der Waals surface area contributed by atoms with Crippen molar-refractivity contribution in [1.29, 1.82) is 0 Å². The van der Waals surface area contributed by atoms with E-state index >= 15 is 0 Å². The fraction of sp³-hybridized carbons (Fsp3) is 0.273. The Balaban J connectivity index is 1.45. The predicted molar refractivity (Wildman–Crippen MR) is 119 cm³/mol. The highest BCUT2D eigenvalue weighted by Gasteiger charge is 2.28. The topological polar surface area (TPSA) is 87.2 Å². The summed E-state index contributed by atoms with van der Waals surface area (Å²) in [5.74, 6) is 0.961. The van der Waals surface area contributed by atoms with Crippen LogP contribution in [0.25, 0.3) is 0 Å². The molecule has 0 amide bonds. The number of aromatic nitrogens is 2. The molecule has 1 aliphatic heterocycles. The largest absolute Gasteiger partial charge is 0.340 e. The minimum atomic E-state index is -3.49. The monoisotopic (exact) mass is 441 g/mol. The van der Waals surface area contributed by atoms with Crippen LogP contribution in [0.3, 0.4) is 0 Å². The van der Waals surface area contributed by atoms with Crippen LogP contribution in [0.2, 0.25) is 0 Å². The van der Waals surface area contributed by atoms with Crippen LogP contribution >= 0.6 is 0 Å². The fourth-order valence-corrected chi connectivity index (χ4v) is 5.12. The third kappa shape index (κ3) is 5.18. The minimum Gasteiger partial charge on any atom is -0.340 e. The molecule has 1 aliphatic rings. The van der Waals surface area contributed by atoms with Crippen molar-refractivity contribution in [1.82, 2.24) is 14.3 Å². The lowest BCUT2D eigenvalue weighted by Crippen LogP contribution is -2.39. The Labute approximate surface area is 181 Å². The Morgan fingerprint density at radius 3 is 2.39 bits per heavy atom. The van der Waals surface area contributed by atoms with Gasteiger partial charge in [-0.05, 0) is 73.4 Å². The molecule has 7 nitrogen and oxygen atoms in total. The van der Waals surface area contributed by atoms with E-state index in [1.54, 1.807) is 53.0 Å². The molecule has 1 saturated heterocycles. The number of hydrogen-bond donors (Lipinski definition) is 2. The number of rotatable bonds is 6. The first-order valence-electron chi connectivity index (χ1n) is 10.1. The number of benzene rings is 2. The van der Waals surface area contributed by atoms with Gasteiger partial charge in [-0.1, -0.05) is 6.92 Å². The van der Waals surface area contributed by atoms with Gasteiger partial charge in [0.2, 0.25) is 16.0 Å². The maximum atomic E-state index is 13.1. The van der Waals surface area contributed by atoms with Crippen molar-refractivity contribution < 1.29 is 12.8 Å². The van der Waals surface area contributed by atoms with Gasteiger partial charge in [-0.3, -0.25) is 0 Å². The fourth-order valence-electron chi connectivity index (χ4n) is 3.52. The Bertz CT molecular complexity index is 1140.